The quantitative estimate of drug-likeness (QED) is 0.180. The standard InChI is InChI=1S/C17H34O2.C16H21NO2.2C2H6/c1-7-10-11-15(8-2)13-19-16(18)17(6,9-3)12-14(4)5;1-5-12-13(16(2,3)4)15(19)17(14(12)18)11-9-7-6-8-10-11;2*1-2/h14-15H,7-13H2,1-6H3;6-10,12-13H,5H2,1-4H3;2*1-2H3. The van der Waals surface area contributed by atoms with Gasteiger partial charge in [-0.15, -0.1) is 0 Å². The van der Waals surface area contributed by atoms with Crippen LogP contribution in [0.1, 0.15) is 142 Å². The van der Waals surface area contributed by atoms with Crippen molar-refractivity contribution in [3.05, 3.63) is 30.3 Å². The molecule has 1 aliphatic rings. The van der Waals surface area contributed by atoms with E-state index in [2.05, 4.69) is 34.6 Å². The predicted octanol–water partition coefficient (Wildman–Crippen LogP) is 10.5. The second kappa shape index (κ2) is 21.5. The molecule has 1 saturated heterocycles. The number of imide groups is 1. The van der Waals surface area contributed by atoms with Gasteiger partial charge in [0.1, 0.15) is 0 Å². The van der Waals surface area contributed by atoms with Crippen LogP contribution < -0.4 is 4.90 Å². The molecule has 244 valence electrons. The van der Waals surface area contributed by atoms with Crippen molar-refractivity contribution in [1.82, 2.24) is 0 Å². The normalized spacial score (nSPS) is 18.5. The second-order valence-electron chi connectivity index (χ2n) is 12.7. The van der Waals surface area contributed by atoms with E-state index in [-0.39, 0.29) is 40.4 Å². The molecule has 5 nitrogen and oxygen atoms in total. The lowest BCUT2D eigenvalue weighted by Crippen LogP contribution is -2.34. The molecule has 5 heteroatoms. The van der Waals surface area contributed by atoms with Crippen LogP contribution in [0.2, 0.25) is 0 Å². The highest BCUT2D eigenvalue weighted by Crippen LogP contribution is 2.42. The molecule has 4 atom stereocenters. The van der Waals surface area contributed by atoms with Crippen molar-refractivity contribution < 1.29 is 19.1 Å². The Balaban J connectivity index is 0. The Labute approximate surface area is 260 Å². The fourth-order valence-corrected chi connectivity index (χ4v) is 5.48. The van der Waals surface area contributed by atoms with E-state index in [0.29, 0.717) is 30.6 Å². The third-order valence-corrected chi connectivity index (χ3v) is 7.94. The molecule has 1 aromatic rings. The summed E-state index contributed by atoms with van der Waals surface area (Å²) in [5.74, 6) is 0.509. The zero-order valence-corrected chi connectivity index (χ0v) is 29.9. The Morgan fingerprint density at radius 3 is 1.83 bits per heavy atom. The van der Waals surface area contributed by atoms with Crippen LogP contribution >= 0.6 is 0 Å². The molecule has 0 bridgehead atoms. The molecule has 0 spiro atoms. The number of rotatable bonds is 12. The highest BCUT2D eigenvalue weighted by molar-refractivity contribution is 6.22. The van der Waals surface area contributed by atoms with Crippen molar-refractivity contribution in [3.8, 4) is 0 Å². The largest absolute Gasteiger partial charge is 0.465 e. The van der Waals surface area contributed by atoms with Crippen molar-refractivity contribution in [3.63, 3.8) is 0 Å². The van der Waals surface area contributed by atoms with Crippen molar-refractivity contribution in [2.45, 2.75) is 142 Å². The second-order valence-corrected chi connectivity index (χ2v) is 12.7. The van der Waals surface area contributed by atoms with Gasteiger partial charge in [0.05, 0.1) is 29.5 Å². The maximum Gasteiger partial charge on any atom is 0.311 e. The van der Waals surface area contributed by atoms with Gasteiger partial charge in [-0.25, -0.2) is 0 Å². The highest BCUT2D eigenvalue weighted by atomic mass is 16.5. The van der Waals surface area contributed by atoms with Crippen LogP contribution in [0.4, 0.5) is 5.69 Å². The number of benzene rings is 1. The Hall–Kier alpha value is -2.17. The Morgan fingerprint density at radius 2 is 1.45 bits per heavy atom. The Kier molecular flexibility index (Phi) is 21.5. The summed E-state index contributed by atoms with van der Waals surface area (Å²) >= 11 is 0. The molecule has 0 radical (unpaired) electrons. The number of hydrogen-bond donors (Lipinski definition) is 0. The minimum Gasteiger partial charge on any atom is -0.465 e. The number of hydrogen-bond acceptors (Lipinski definition) is 4. The Morgan fingerprint density at radius 1 is 0.905 bits per heavy atom. The van der Waals surface area contributed by atoms with Crippen LogP contribution in [0, 0.1) is 34.5 Å². The molecular weight excluding hydrogens is 522 g/mol. The maximum atomic E-state index is 12.6. The molecule has 0 N–H and O–H groups in total. The topological polar surface area (TPSA) is 63.7 Å². The number of amides is 2. The lowest BCUT2D eigenvalue weighted by Gasteiger charge is -2.28. The zero-order valence-electron chi connectivity index (χ0n) is 29.9. The monoisotopic (exact) mass is 590 g/mol. The van der Waals surface area contributed by atoms with Crippen LogP contribution in [0.25, 0.3) is 0 Å². The average molecular weight is 590 g/mol. The molecular formula is C37H67NO4. The number of unbranched alkanes of at least 4 members (excludes halogenated alkanes) is 1. The van der Waals surface area contributed by atoms with Gasteiger partial charge in [0.2, 0.25) is 11.8 Å². The average Bonchev–Trinajstić information content (AvgIpc) is 3.24. The van der Waals surface area contributed by atoms with E-state index in [4.69, 9.17) is 4.74 Å². The fourth-order valence-electron chi connectivity index (χ4n) is 5.48. The maximum absolute atomic E-state index is 12.6. The van der Waals surface area contributed by atoms with Crippen LogP contribution in [0.15, 0.2) is 30.3 Å². The molecule has 0 saturated carbocycles. The van der Waals surface area contributed by atoms with Gasteiger partial charge in [0, 0.05) is 0 Å². The molecule has 0 aliphatic carbocycles. The number of esters is 1. The molecule has 2 rings (SSSR count). The highest BCUT2D eigenvalue weighted by Gasteiger charge is 2.51. The molecule has 1 aromatic carbocycles. The third kappa shape index (κ3) is 13.0. The summed E-state index contributed by atoms with van der Waals surface area (Å²) in [5, 5.41) is 0. The smallest absolute Gasteiger partial charge is 0.311 e. The van der Waals surface area contributed by atoms with Crippen LogP contribution in [-0.2, 0) is 19.1 Å². The number of carbonyl (C=O) groups excluding carboxylic acids is 3. The molecule has 42 heavy (non-hydrogen) atoms. The van der Waals surface area contributed by atoms with E-state index < -0.39 is 0 Å². The molecule has 2 amide bonds. The molecule has 1 aliphatic heterocycles. The zero-order chi connectivity index (χ0) is 33.1. The first-order valence-electron chi connectivity index (χ1n) is 16.9. The van der Waals surface area contributed by atoms with E-state index in [1.165, 1.54) is 24.2 Å². The summed E-state index contributed by atoms with van der Waals surface area (Å²) in [6, 6.07) is 9.21. The summed E-state index contributed by atoms with van der Waals surface area (Å²) in [5.41, 5.74) is 0.177. The molecule has 0 aromatic heterocycles. The minimum absolute atomic E-state index is 0.00125. The third-order valence-electron chi connectivity index (χ3n) is 7.94. The summed E-state index contributed by atoms with van der Waals surface area (Å²) in [6.45, 7) is 29.5. The predicted molar refractivity (Wildman–Crippen MR) is 180 cm³/mol. The van der Waals surface area contributed by atoms with Crippen molar-refractivity contribution >= 4 is 23.5 Å². The van der Waals surface area contributed by atoms with E-state index in [9.17, 15) is 14.4 Å². The van der Waals surface area contributed by atoms with Crippen LogP contribution in [0.3, 0.4) is 0 Å². The molecule has 1 heterocycles. The van der Waals surface area contributed by atoms with E-state index in [0.717, 1.165) is 19.3 Å². The summed E-state index contributed by atoms with van der Waals surface area (Å²) in [7, 11) is 0. The lowest BCUT2D eigenvalue weighted by atomic mass is 9.73. The lowest BCUT2D eigenvalue weighted by molar-refractivity contribution is -0.157. The van der Waals surface area contributed by atoms with Crippen molar-refractivity contribution in [2.75, 3.05) is 11.5 Å². The van der Waals surface area contributed by atoms with E-state index in [1.54, 1.807) is 0 Å². The molecule has 1 fully saturated rings. The van der Waals surface area contributed by atoms with Gasteiger partial charge in [-0.1, -0.05) is 127 Å². The van der Waals surface area contributed by atoms with Crippen molar-refractivity contribution in [1.29, 1.82) is 0 Å². The SMILES string of the molecule is CC.CC.CCC1C(=O)N(c2ccccc2)C(=O)C1C(C)(C)C.CCCCC(CC)COC(=O)C(C)(CC)CC(C)C. The summed E-state index contributed by atoms with van der Waals surface area (Å²) in [4.78, 5) is 38.8. The van der Waals surface area contributed by atoms with Crippen LogP contribution in [0.5, 0.6) is 0 Å². The number of anilines is 1. The van der Waals surface area contributed by atoms with Gasteiger partial charge in [-0.2, -0.15) is 0 Å². The van der Waals surface area contributed by atoms with Crippen LogP contribution in [-0.4, -0.2) is 24.4 Å². The van der Waals surface area contributed by atoms with E-state index >= 15 is 0 Å². The Bertz CT molecular complexity index is 874. The van der Waals surface area contributed by atoms with Gasteiger partial charge in [-0.3, -0.25) is 19.3 Å². The van der Waals surface area contributed by atoms with E-state index in [1.807, 2.05) is 92.6 Å². The van der Waals surface area contributed by atoms with Gasteiger partial charge in [-0.05, 0) is 62.0 Å². The van der Waals surface area contributed by atoms with Gasteiger partial charge >= 0.3 is 5.97 Å². The molecule has 4 unspecified atom stereocenters. The number of nitrogens with zero attached hydrogens (tertiary/aromatic N) is 1. The van der Waals surface area contributed by atoms with Gasteiger partial charge in [0.15, 0.2) is 0 Å². The number of para-hydroxylation sites is 1. The van der Waals surface area contributed by atoms with Gasteiger partial charge < -0.3 is 4.74 Å². The summed E-state index contributed by atoms with van der Waals surface area (Å²) < 4.78 is 5.61. The summed E-state index contributed by atoms with van der Waals surface area (Å²) in [6.07, 6.45) is 7.19. The first-order chi connectivity index (χ1) is 19.8. The number of carbonyl (C=O) groups is 3. The fraction of sp³-hybridized carbons (Fsp3) is 0.757. The minimum atomic E-state index is -0.308. The first kappa shape index (κ1) is 42.0. The van der Waals surface area contributed by atoms with Crippen molar-refractivity contribution in [2.24, 2.45) is 34.5 Å². The number of ether oxygens (including phenoxy) is 1. The van der Waals surface area contributed by atoms with Gasteiger partial charge in [0.25, 0.3) is 0 Å². The first-order valence-corrected chi connectivity index (χ1v) is 16.9.